The molecule has 1 aromatic carbocycles. The van der Waals surface area contributed by atoms with Crippen molar-refractivity contribution in [1.82, 2.24) is 0 Å². The van der Waals surface area contributed by atoms with Gasteiger partial charge in [-0.3, -0.25) is 19.7 Å². The van der Waals surface area contributed by atoms with E-state index in [1.807, 2.05) is 0 Å². The minimum Gasteiger partial charge on any atom is -0.469 e. The Bertz CT molecular complexity index is 859. The number of methoxy groups -OCH3 is 1. The Kier molecular flexibility index (Phi) is 6.20. The topological polar surface area (TPSA) is 112 Å². The lowest BCUT2D eigenvalue weighted by atomic mass is 10.2. The number of amides is 1. The second kappa shape index (κ2) is 8.56. The molecule has 1 aromatic heterocycles. The molecule has 0 spiro atoms. The smallest absolute Gasteiger partial charge is 0.306 e. The number of aryl methyl sites for hydroxylation is 1. The Morgan fingerprint density at radius 1 is 1.35 bits per heavy atom. The molecule has 0 aliphatic carbocycles. The second-order valence-electron chi connectivity index (χ2n) is 5.13. The number of carbonyl (C=O) groups is 2. The number of carbonyl (C=O) groups excluding carboxylic acids is 2. The summed E-state index contributed by atoms with van der Waals surface area (Å²) in [5.41, 5.74) is -0.640. The largest absolute Gasteiger partial charge is 0.469 e. The van der Waals surface area contributed by atoms with Crippen LogP contribution in [0.1, 0.15) is 17.9 Å². The van der Waals surface area contributed by atoms with Crippen LogP contribution in [0.15, 0.2) is 40.8 Å². The third-order valence-electron chi connectivity index (χ3n) is 3.29. The number of ether oxygens (including phenoxy) is 1. The Balaban J connectivity index is 1.95. The fourth-order valence-electron chi connectivity index (χ4n) is 2.02. The fraction of sp³-hybridized carbons (Fsp3) is 0.176. The zero-order valence-corrected chi connectivity index (χ0v) is 13.7. The molecule has 0 atom stereocenters. The van der Waals surface area contributed by atoms with E-state index in [1.54, 1.807) is 12.1 Å². The highest BCUT2D eigenvalue weighted by atomic mass is 19.1. The summed E-state index contributed by atoms with van der Waals surface area (Å²) in [7, 11) is 1.30. The van der Waals surface area contributed by atoms with E-state index in [9.17, 15) is 24.1 Å². The first kappa shape index (κ1) is 18.8. The van der Waals surface area contributed by atoms with Gasteiger partial charge in [-0.25, -0.2) is 0 Å². The molecular weight excluding hydrogens is 347 g/mol. The van der Waals surface area contributed by atoms with Gasteiger partial charge in [0.05, 0.1) is 18.5 Å². The number of nitro benzene ring substituents is 1. The number of rotatable bonds is 7. The molecule has 136 valence electrons. The zero-order chi connectivity index (χ0) is 19.1. The number of anilines is 1. The van der Waals surface area contributed by atoms with Crippen molar-refractivity contribution in [1.29, 1.82) is 0 Å². The molecule has 0 aliphatic rings. The molecule has 26 heavy (non-hydrogen) atoms. The maximum atomic E-state index is 13.3. The number of benzene rings is 1. The van der Waals surface area contributed by atoms with Crippen molar-refractivity contribution in [2.75, 3.05) is 12.4 Å². The maximum Gasteiger partial charge on any atom is 0.306 e. The van der Waals surface area contributed by atoms with Gasteiger partial charge in [-0.2, -0.15) is 4.39 Å². The minimum atomic E-state index is -0.987. The number of nitro groups is 1. The quantitative estimate of drug-likeness (QED) is 0.351. The Labute approximate surface area is 147 Å². The van der Waals surface area contributed by atoms with Crippen LogP contribution in [0.25, 0.3) is 6.08 Å². The Hall–Kier alpha value is -3.49. The van der Waals surface area contributed by atoms with Crippen molar-refractivity contribution < 1.29 is 28.1 Å². The number of nitrogens with zero attached hydrogens (tertiary/aromatic N) is 1. The number of esters is 1. The average Bonchev–Trinajstić information content (AvgIpc) is 3.07. The number of hydrogen-bond acceptors (Lipinski definition) is 6. The molecular formula is C17H15FN2O6. The summed E-state index contributed by atoms with van der Waals surface area (Å²) in [5, 5.41) is 13.1. The zero-order valence-electron chi connectivity index (χ0n) is 13.7. The lowest BCUT2D eigenvalue weighted by Gasteiger charge is -2.02. The fourth-order valence-corrected chi connectivity index (χ4v) is 2.02. The standard InChI is InChI=1S/C17H15FN2O6/c1-25-17(22)9-6-13-4-3-12(26-13)5-8-16(21)19-11-2-7-14(18)15(10-11)20(23)24/h2-5,7-8,10H,6,9H2,1H3,(H,19,21)/b8-5+. The molecule has 0 fully saturated rings. The molecule has 2 aromatic rings. The number of hydrogen-bond donors (Lipinski definition) is 1. The summed E-state index contributed by atoms with van der Waals surface area (Å²) in [6.07, 6.45) is 3.11. The summed E-state index contributed by atoms with van der Waals surface area (Å²) >= 11 is 0. The van der Waals surface area contributed by atoms with Crippen LogP contribution in [-0.2, 0) is 20.7 Å². The molecule has 8 nitrogen and oxygen atoms in total. The monoisotopic (exact) mass is 362 g/mol. The van der Waals surface area contributed by atoms with Gasteiger partial charge in [0.15, 0.2) is 0 Å². The first-order chi connectivity index (χ1) is 12.4. The number of furan rings is 1. The van der Waals surface area contributed by atoms with Gasteiger partial charge in [0, 0.05) is 24.3 Å². The predicted molar refractivity (Wildman–Crippen MR) is 89.8 cm³/mol. The number of nitrogens with one attached hydrogen (secondary N) is 1. The lowest BCUT2D eigenvalue weighted by molar-refractivity contribution is -0.387. The molecule has 0 aliphatic heterocycles. The first-order valence-electron chi connectivity index (χ1n) is 7.47. The minimum absolute atomic E-state index is 0.0889. The summed E-state index contributed by atoms with van der Waals surface area (Å²) < 4.78 is 23.2. The summed E-state index contributed by atoms with van der Waals surface area (Å²) in [6, 6.07) is 6.34. The van der Waals surface area contributed by atoms with Crippen LogP contribution in [-0.4, -0.2) is 23.9 Å². The summed E-state index contributed by atoms with van der Waals surface area (Å²) in [5.74, 6) is -0.960. The van der Waals surface area contributed by atoms with Gasteiger partial charge >= 0.3 is 11.7 Å². The highest BCUT2D eigenvalue weighted by Crippen LogP contribution is 2.21. The van der Waals surface area contributed by atoms with Crippen molar-refractivity contribution in [3.8, 4) is 0 Å². The molecule has 2 rings (SSSR count). The molecule has 1 N–H and O–H groups in total. The predicted octanol–water partition coefficient (Wildman–Crippen LogP) is 3.08. The van der Waals surface area contributed by atoms with Gasteiger partial charge in [0.1, 0.15) is 11.5 Å². The van der Waals surface area contributed by atoms with Crippen LogP contribution in [0.5, 0.6) is 0 Å². The highest BCUT2D eigenvalue weighted by molar-refractivity contribution is 6.01. The van der Waals surface area contributed by atoms with Gasteiger partial charge in [0.2, 0.25) is 11.7 Å². The Morgan fingerprint density at radius 2 is 2.12 bits per heavy atom. The van der Waals surface area contributed by atoms with E-state index in [1.165, 1.54) is 19.3 Å². The molecule has 1 heterocycles. The average molecular weight is 362 g/mol. The van der Waals surface area contributed by atoms with Crippen molar-refractivity contribution in [2.45, 2.75) is 12.8 Å². The third kappa shape index (κ3) is 5.26. The summed E-state index contributed by atoms with van der Waals surface area (Å²) in [6.45, 7) is 0. The van der Waals surface area contributed by atoms with E-state index in [0.29, 0.717) is 17.9 Å². The van der Waals surface area contributed by atoms with Crippen LogP contribution in [0.3, 0.4) is 0 Å². The highest BCUT2D eigenvalue weighted by Gasteiger charge is 2.14. The van der Waals surface area contributed by atoms with Crippen LogP contribution in [0.4, 0.5) is 15.8 Å². The van der Waals surface area contributed by atoms with Crippen molar-refractivity contribution >= 4 is 29.3 Å². The van der Waals surface area contributed by atoms with E-state index in [-0.39, 0.29) is 18.1 Å². The maximum absolute atomic E-state index is 13.3. The lowest BCUT2D eigenvalue weighted by Crippen LogP contribution is -2.08. The molecule has 0 unspecified atom stereocenters. The van der Waals surface area contributed by atoms with Crippen LogP contribution < -0.4 is 5.32 Å². The normalized spacial score (nSPS) is 10.7. The first-order valence-corrected chi connectivity index (χ1v) is 7.47. The van der Waals surface area contributed by atoms with Crippen molar-refractivity contribution in [3.05, 3.63) is 63.9 Å². The molecule has 0 saturated carbocycles. The molecule has 0 bridgehead atoms. The molecule has 0 saturated heterocycles. The van der Waals surface area contributed by atoms with Crippen LogP contribution in [0, 0.1) is 15.9 Å². The van der Waals surface area contributed by atoms with Gasteiger partial charge in [-0.05, 0) is 30.3 Å². The molecule has 1 amide bonds. The SMILES string of the molecule is COC(=O)CCc1ccc(/C=C/C(=O)Nc2ccc(F)c([N+](=O)[O-])c2)o1. The molecule has 0 radical (unpaired) electrons. The van der Waals surface area contributed by atoms with Gasteiger partial charge in [-0.1, -0.05) is 0 Å². The van der Waals surface area contributed by atoms with Crippen LogP contribution in [0.2, 0.25) is 0 Å². The van der Waals surface area contributed by atoms with E-state index in [4.69, 9.17) is 4.42 Å². The van der Waals surface area contributed by atoms with E-state index < -0.39 is 22.3 Å². The van der Waals surface area contributed by atoms with Crippen molar-refractivity contribution in [3.63, 3.8) is 0 Å². The number of halogens is 1. The third-order valence-corrected chi connectivity index (χ3v) is 3.29. The Morgan fingerprint density at radius 3 is 2.81 bits per heavy atom. The van der Waals surface area contributed by atoms with Gasteiger partial charge in [0.25, 0.3) is 0 Å². The van der Waals surface area contributed by atoms with Gasteiger partial charge < -0.3 is 14.5 Å². The summed E-state index contributed by atoms with van der Waals surface area (Å²) in [4.78, 5) is 32.7. The van der Waals surface area contributed by atoms with E-state index >= 15 is 0 Å². The van der Waals surface area contributed by atoms with Crippen LogP contribution >= 0.6 is 0 Å². The molecule has 9 heteroatoms. The van der Waals surface area contributed by atoms with Gasteiger partial charge in [-0.15, -0.1) is 0 Å². The second-order valence-corrected chi connectivity index (χ2v) is 5.13. The van der Waals surface area contributed by atoms with E-state index in [0.717, 1.165) is 18.2 Å². The van der Waals surface area contributed by atoms with Crippen molar-refractivity contribution in [2.24, 2.45) is 0 Å². The van der Waals surface area contributed by atoms with E-state index in [2.05, 4.69) is 10.1 Å².